The first-order valence-corrected chi connectivity index (χ1v) is 4.21. The van der Waals surface area contributed by atoms with Gasteiger partial charge < -0.3 is 5.21 Å². The molecule has 1 N–H and O–H groups in total. The largest absolute Gasteiger partial charge is 0.411 e. The zero-order valence-corrected chi connectivity index (χ0v) is 6.95. The molecule has 0 aliphatic carbocycles. The highest BCUT2D eigenvalue weighted by Gasteiger charge is 2.01. The molecule has 0 unspecified atom stereocenters. The smallest absolute Gasteiger partial charge is 0.106 e. The van der Waals surface area contributed by atoms with E-state index >= 15 is 0 Å². The van der Waals surface area contributed by atoms with Gasteiger partial charge in [-0.1, -0.05) is 23.4 Å². The van der Waals surface area contributed by atoms with E-state index in [4.69, 9.17) is 5.21 Å². The third-order valence-corrected chi connectivity index (χ3v) is 2.43. The lowest BCUT2D eigenvalue weighted by molar-refractivity contribution is 0.322. The molecule has 2 aromatic rings. The Morgan fingerprint density at radius 1 is 1.42 bits per heavy atom. The molecule has 4 heteroatoms. The molecule has 0 aliphatic rings. The topological polar surface area (TPSA) is 45.5 Å². The Bertz CT molecular complexity index is 422. The van der Waals surface area contributed by atoms with E-state index < -0.39 is 0 Å². The second-order valence-electron chi connectivity index (χ2n) is 2.31. The predicted octanol–water partition coefficient (Wildman–Crippen LogP) is 2.10. The van der Waals surface area contributed by atoms with Gasteiger partial charge in [-0.3, -0.25) is 0 Å². The van der Waals surface area contributed by atoms with Crippen molar-refractivity contribution in [2.45, 2.75) is 0 Å². The van der Waals surface area contributed by atoms with Crippen molar-refractivity contribution in [2.75, 3.05) is 0 Å². The van der Waals surface area contributed by atoms with Gasteiger partial charge in [0.25, 0.3) is 0 Å². The fourth-order valence-electron chi connectivity index (χ4n) is 1.05. The van der Waals surface area contributed by atoms with Gasteiger partial charge in [0.15, 0.2) is 0 Å². The predicted molar refractivity (Wildman–Crippen MR) is 49.0 cm³/mol. The molecule has 0 saturated heterocycles. The van der Waals surface area contributed by atoms with Crippen molar-refractivity contribution in [3.63, 3.8) is 0 Å². The van der Waals surface area contributed by atoms with E-state index in [-0.39, 0.29) is 0 Å². The molecule has 3 nitrogen and oxygen atoms in total. The highest BCUT2D eigenvalue weighted by atomic mass is 32.1. The van der Waals surface area contributed by atoms with Gasteiger partial charge in [-0.25, -0.2) is 0 Å². The van der Waals surface area contributed by atoms with E-state index in [2.05, 4.69) is 9.53 Å². The Balaban J connectivity index is 2.70. The normalized spacial score (nSPS) is 11.3. The number of rotatable bonds is 1. The molecule has 60 valence electrons. The van der Waals surface area contributed by atoms with E-state index in [1.165, 1.54) is 17.7 Å². The molecule has 0 spiro atoms. The lowest BCUT2D eigenvalue weighted by atomic mass is 10.2. The Kier molecular flexibility index (Phi) is 1.75. The van der Waals surface area contributed by atoms with Crippen molar-refractivity contribution < 1.29 is 5.21 Å². The molecule has 1 heterocycles. The van der Waals surface area contributed by atoms with Gasteiger partial charge in [0.1, 0.15) is 5.69 Å². The molecular formula is C8H6N2OS. The van der Waals surface area contributed by atoms with Crippen molar-refractivity contribution in [3.8, 4) is 0 Å². The van der Waals surface area contributed by atoms with Crippen molar-refractivity contribution >= 4 is 27.8 Å². The number of benzene rings is 1. The van der Waals surface area contributed by atoms with Crippen LogP contribution in [0.2, 0.25) is 0 Å². The summed E-state index contributed by atoms with van der Waals surface area (Å²) < 4.78 is 5.22. The summed E-state index contributed by atoms with van der Waals surface area (Å²) in [6.07, 6.45) is 1.35. The second kappa shape index (κ2) is 2.91. The SMILES string of the molecule is ON=Cc1nsc2ccccc12. The highest BCUT2D eigenvalue weighted by Crippen LogP contribution is 2.20. The van der Waals surface area contributed by atoms with E-state index in [1.54, 1.807) is 0 Å². The minimum absolute atomic E-state index is 0.720. The van der Waals surface area contributed by atoms with Gasteiger partial charge in [-0.05, 0) is 17.6 Å². The highest BCUT2D eigenvalue weighted by molar-refractivity contribution is 7.13. The fraction of sp³-hybridized carbons (Fsp3) is 0. The quantitative estimate of drug-likeness (QED) is 0.413. The summed E-state index contributed by atoms with van der Waals surface area (Å²) in [4.78, 5) is 0. The lowest BCUT2D eigenvalue weighted by Gasteiger charge is -1.85. The summed E-state index contributed by atoms with van der Waals surface area (Å²) >= 11 is 1.40. The van der Waals surface area contributed by atoms with E-state index in [1.807, 2.05) is 24.3 Å². The van der Waals surface area contributed by atoms with Crippen molar-refractivity contribution in [3.05, 3.63) is 30.0 Å². The van der Waals surface area contributed by atoms with Crippen LogP contribution >= 0.6 is 11.5 Å². The zero-order chi connectivity index (χ0) is 8.39. The van der Waals surface area contributed by atoms with Crippen LogP contribution in [0.25, 0.3) is 10.1 Å². The van der Waals surface area contributed by atoms with Gasteiger partial charge in [0, 0.05) is 5.39 Å². The number of hydrogen-bond acceptors (Lipinski definition) is 4. The molecule has 0 aliphatic heterocycles. The lowest BCUT2D eigenvalue weighted by Crippen LogP contribution is -1.79. The average molecular weight is 178 g/mol. The molecule has 12 heavy (non-hydrogen) atoms. The van der Waals surface area contributed by atoms with Crippen LogP contribution in [-0.4, -0.2) is 15.8 Å². The fourth-order valence-corrected chi connectivity index (χ4v) is 1.81. The van der Waals surface area contributed by atoms with Gasteiger partial charge in [-0.15, -0.1) is 0 Å². The van der Waals surface area contributed by atoms with Crippen LogP contribution in [0.3, 0.4) is 0 Å². The summed E-state index contributed by atoms with van der Waals surface area (Å²) in [7, 11) is 0. The number of fused-ring (bicyclic) bond motifs is 1. The molecule has 0 fully saturated rings. The molecule has 0 radical (unpaired) electrons. The van der Waals surface area contributed by atoms with Crippen molar-refractivity contribution in [1.29, 1.82) is 0 Å². The van der Waals surface area contributed by atoms with Crippen LogP contribution in [0.5, 0.6) is 0 Å². The molecule has 0 saturated carbocycles. The van der Waals surface area contributed by atoms with Gasteiger partial charge >= 0.3 is 0 Å². The van der Waals surface area contributed by atoms with Crippen LogP contribution in [-0.2, 0) is 0 Å². The minimum Gasteiger partial charge on any atom is -0.411 e. The molecule has 1 aromatic carbocycles. The van der Waals surface area contributed by atoms with E-state index in [0.29, 0.717) is 0 Å². The molecule has 0 amide bonds. The zero-order valence-electron chi connectivity index (χ0n) is 6.14. The third kappa shape index (κ3) is 1.06. The van der Waals surface area contributed by atoms with Gasteiger partial charge in [-0.2, -0.15) is 4.37 Å². The van der Waals surface area contributed by atoms with E-state index in [0.717, 1.165) is 15.8 Å². The van der Waals surface area contributed by atoms with Crippen molar-refractivity contribution in [2.24, 2.45) is 5.16 Å². The van der Waals surface area contributed by atoms with Crippen molar-refractivity contribution in [1.82, 2.24) is 4.37 Å². The number of aromatic nitrogens is 1. The van der Waals surface area contributed by atoms with Crippen LogP contribution in [0.4, 0.5) is 0 Å². The molecular weight excluding hydrogens is 172 g/mol. The Hall–Kier alpha value is -1.42. The van der Waals surface area contributed by atoms with Crippen LogP contribution in [0, 0.1) is 0 Å². The molecule has 0 bridgehead atoms. The number of nitrogens with zero attached hydrogens (tertiary/aromatic N) is 2. The van der Waals surface area contributed by atoms with Crippen LogP contribution < -0.4 is 0 Å². The standard InChI is InChI=1S/C8H6N2OS/c11-9-5-7-6-3-1-2-4-8(6)12-10-7/h1-5,11H. The monoisotopic (exact) mass is 178 g/mol. The maximum atomic E-state index is 8.33. The Morgan fingerprint density at radius 2 is 2.25 bits per heavy atom. The van der Waals surface area contributed by atoms with E-state index in [9.17, 15) is 0 Å². The summed E-state index contributed by atoms with van der Waals surface area (Å²) in [6, 6.07) is 7.84. The third-order valence-electron chi connectivity index (χ3n) is 1.59. The maximum absolute atomic E-state index is 8.33. The number of oxime groups is 1. The molecule has 0 atom stereocenters. The average Bonchev–Trinajstić information content (AvgIpc) is 2.50. The summed E-state index contributed by atoms with van der Waals surface area (Å²) in [5, 5.41) is 12.3. The first kappa shape index (κ1) is 7.24. The summed E-state index contributed by atoms with van der Waals surface area (Å²) in [5.74, 6) is 0. The second-order valence-corrected chi connectivity index (χ2v) is 3.11. The van der Waals surface area contributed by atoms with Crippen LogP contribution in [0.1, 0.15) is 5.69 Å². The van der Waals surface area contributed by atoms with Gasteiger partial charge in [0.05, 0.1) is 10.9 Å². The summed E-state index contributed by atoms with van der Waals surface area (Å²) in [6.45, 7) is 0. The maximum Gasteiger partial charge on any atom is 0.106 e. The minimum atomic E-state index is 0.720. The van der Waals surface area contributed by atoms with Crippen LogP contribution in [0.15, 0.2) is 29.4 Å². The molecule has 2 rings (SSSR count). The Labute approximate surface area is 73.1 Å². The molecule has 1 aromatic heterocycles. The summed E-state index contributed by atoms with van der Waals surface area (Å²) in [5.41, 5.74) is 0.720. The first-order chi connectivity index (χ1) is 5.92. The number of hydrogen-bond donors (Lipinski definition) is 1. The van der Waals surface area contributed by atoms with Gasteiger partial charge in [0.2, 0.25) is 0 Å². The Morgan fingerprint density at radius 3 is 3.08 bits per heavy atom. The first-order valence-electron chi connectivity index (χ1n) is 3.43.